The molecule has 0 aromatic carbocycles. The van der Waals surface area contributed by atoms with Gasteiger partial charge in [-0.2, -0.15) is 18.3 Å². The number of ether oxygens (including phenoxy) is 1. The minimum absolute atomic E-state index is 0.0776. The number of aromatic nitrogens is 2. The summed E-state index contributed by atoms with van der Waals surface area (Å²) in [6.07, 6.45) is 2.42. The monoisotopic (exact) mass is 432 g/mol. The lowest BCUT2D eigenvalue weighted by atomic mass is 9.89. The Morgan fingerprint density at radius 3 is 2.50 bits per heavy atom. The van der Waals surface area contributed by atoms with Gasteiger partial charge in [0.15, 0.2) is 0 Å². The molecule has 30 heavy (non-hydrogen) atoms. The first-order valence-electron chi connectivity index (χ1n) is 10.1. The largest absolute Gasteiger partial charge is 0.490 e. The van der Waals surface area contributed by atoms with Crippen molar-refractivity contribution in [2.75, 3.05) is 32.8 Å². The van der Waals surface area contributed by atoms with Gasteiger partial charge in [-0.1, -0.05) is 0 Å². The molecule has 2 atom stereocenters. The summed E-state index contributed by atoms with van der Waals surface area (Å²) in [6.45, 7) is 4.81. The smallest absolute Gasteiger partial charge is 0.475 e. The molecule has 3 aliphatic heterocycles. The van der Waals surface area contributed by atoms with Crippen LogP contribution in [0, 0.1) is 0 Å². The van der Waals surface area contributed by atoms with Crippen LogP contribution in [0.2, 0.25) is 0 Å². The molecule has 0 bridgehead atoms. The average molecular weight is 432 g/mol. The number of hydrogen-bond donors (Lipinski definition) is 1. The van der Waals surface area contributed by atoms with Crippen molar-refractivity contribution < 1.29 is 32.6 Å². The summed E-state index contributed by atoms with van der Waals surface area (Å²) in [5.74, 6) is -2.68. The first-order chi connectivity index (χ1) is 14.1. The van der Waals surface area contributed by atoms with Crippen LogP contribution in [0.15, 0.2) is 12.3 Å². The van der Waals surface area contributed by atoms with Gasteiger partial charge in [0, 0.05) is 32.4 Å². The van der Waals surface area contributed by atoms with E-state index in [2.05, 4.69) is 10.00 Å². The fraction of sp³-hybridized carbons (Fsp3) is 0.737. The zero-order valence-electron chi connectivity index (χ0n) is 16.9. The Bertz CT molecular complexity index is 763. The lowest BCUT2D eigenvalue weighted by Crippen LogP contribution is -2.49. The third-order valence-corrected chi connectivity index (χ3v) is 6.01. The van der Waals surface area contributed by atoms with Gasteiger partial charge < -0.3 is 19.6 Å². The van der Waals surface area contributed by atoms with Gasteiger partial charge in [0.25, 0.3) is 5.91 Å². The number of carboxylic acids is 1. The topological polar surface area (TPSA) is 87.9 Å². The number of likely N-dealkylation sites (tertiary alicyclic amines) is 2. The highest BCUT2D eigenvalue weighted by Gasteiger charge is 2.46. The predicted molar refractivity (Wildman–Crippen MR) is 99.9 cm³/mol. The van der Waals surface area contributed by atoms with Gasteiger partial charge in [-0.3, -0.25) is 9.48 Å². The number of nitrogens with zero attached hydrogens (tertiary/aromatic N) is 4. The van der Waals surface area contributed by atoms with Crippen molar-refractivity contribution in [2.45, 2.75) is 49.9 Å². The Hall–Kier alpha value is -2.14. The molecule has 1 aromatic heterocycles. The second-order valence-electron chi connectivity index (χ2n) is 8.04. The summed E-state index contributed by atoms with van der Waals surface area (Å²) in [7, 11) is 1.82. The Morgan fingerprint density at radius 2 is 1.93 bits per heavy atom. The molecular weight excluding hydrogens is 405 g/mol. The molecule has 0 saturated carbocycles. The Labute approximate surface area is 172 Å². The van der Waals surface area contributed by atoms with Gasteiger partial charge in [-0.25, -0.2) is 4.79 Å². The van der Waals surface area contributed by atoms with Crippen LogP contribution >= 0.6 is 0 Å². The summed E-state index contributed by atoms with van der Waals surface area (Å²) in [4.78, 5) is 26.2. The van der Waals surface area contributed by atoms with Gasteiger partial charge in [0.1, 0.15) is 5.69 Å². The average Bonchev–Trinajstić information content (AvgIpc) is 3.43. The van der Waals surface area contributed by atoms with E-state index in [1.807, 2.05) is 11.9 Å². The lowest BCUT2D eigenvalue weighted by molar-refractivity contribution is -0.192. The van der Waals surface area contributed by atoms with Crippen molar-refractivity contribution in [3.8, 4) is 0 Å². The number of carboxylic acid groups (broad SMARTS) is 1. The van der Waals surface area contributed by atoms with Crippen LogP contribution in [0.4, 0.5) is 13.2 Å². The van der Waals surface area contributed by atoms with Gasteiger partial charge in [0.2, 0.25) is 0 Å². The van der Waals surface area contributed by atoms with Crippen LogP contribution < -0.4 is 0 Å². The van der Waals surface area contributed by atoms with E-state index in [-0.39, 0.29) is 11.5 Å². The number of hydrogen-bond acceptors (Lipinski definition) is 5. The van der Waals surface area contributed by atoms with Crippen molar-refractivity contribution in [1.82, 2.24) is 19.6 Å². The SMILES string of the molecule is Cn1nccc1C(=O)N1CC[C@@]2(C[C@@H](N3CCCC3)CCO2)C1.O=C(O)C(F)(F)F. The molecule has 1 amide bonds. The molecule has 3 fully saturated rings. The molecule has 0 aliphatic carbocycles. The zero-order chi connectivity index (χ0) is 21.9. The maximum absolute atomic E-state index is 12.7. The number of alkyl halides is 3. The van der Waals surface area contributed by atoms with E-state index >= 15 is 0 Å². The normalized spacial score (nSPS) is 27.2. The molecule has 1 aromatic rings. The fourth-order valence-electron chi connectivity index (χ4n) is 4.47. The molecule has 11 heteroatoms. The molecular formula is C19H27F3N4O4. The van der Waals surface area contributed by atoms with Gasteiger partial charge in [0.05, 0.1) is 12.1 Å². The summed E-state index contributed by atoms with van der Waals surface area (Å²) in [5.41, 5.74) is 0.536. The molecule has 4 heterocycles. The van der Waals surface area contributed by atoms with Crippen LogP contribution in [-0.4, -0.2) is 87.2 Å². The first kappa shape index (κ1) is 22.5. The quantitative estimate of drug-likeness (QED) is 0.768. The molecule has 4 rings (SSSR count). The van der Waals surface area contributed by atoms with Crippen molar-refractivity contribution in [3.05, 3.63) is 18.0 Å². The first-order valence-corrected chi connectivity index (χ1v) is 10.1. The Kier molecular flexibility index (Phi) is 6.71. The van der Waals surface area contributed by atoms with Crippen LogP contribution in [0.1, 0.15) is 42.6 Å². The van der Waals surface area contributed by atoms with E-state index < -0.39 is 12.1 Å². The second-order valence-corrected chi connectivity index (χ2v) is 8.04. The van der Waals surface area contributed by atoms with E-state index in [0.29, 0.717) is 11.7 Å². The highest BCUT2D eigenvalue weighted by Crippen LogP contribution is 2.37. The molecule has 1 spiro atoms. The number of carbonyl (C=O) groups is 2. The lowest BCUT2D eigenvalue weighted by Gasteiger charge is -2.41. The number of carbonyl (C=O) groups excluding carboxylic acids is 1. The van der Waals surface area contributed by atoms with E-state index in [9.17, 15) is 18.0 Å². The molecule has 0 unspecified atom stereocenters. The second kappa shape index (κ2) is 8.93. The van der Waals surface area contributed by atoms with Crippen LogP contribution in [0.3, 0.4) is 0 Å². The molecule has 3 aliphatic rings. The Balaban J connectivity index is 0.000000318. The zero-order valence-corrected chi connectivity index (χ0v) is 16.9. The summed E-state index contributed by atoms with van der Waals surface area (Å²) >= 11 is 0. The summed E-state index contributed by atoms with van der Waals surface area (Å²) in [6, 6.07) is 2.43. The number of aliphatic carboxylic acids is 1. The minimum atomic E-state index is -5.08. The maximum Gasteiger partial charge on any atom is 0.490 e. The molecule has 1 N–H and O–H groups in total. The highest BCUT2D eigenvalue weighted by atomic mass is 19.4. The molecule has 3 saturated heterocycles. The fourth-order valence-corrected chi connectivity index (χ4v) is 4.47. The number of aryl methyl sites for hydroxylation is 1. The van der Waals surface area contributed by atoms with Gasteiger partial charge in [-0.05, 0) is 51.3 Å². The van der Waals surface area contributed by atoms with E-state index in [1.54, 1.807) is 16.9 Å². The van der Waals surface area contributed by atoms with Crippen molar-refractivity contribution in [1.29, 1.82) is 0 Å². The predicted octanol–water partition coefficient (Wildman–Crippen LogP) is 1.91. The van der Waals surface area contributed by atoms with Crippen molar-refractivity contribution in [2.24, 2.45) is 7.05 Å². The number of rotatable bonds is 2. The van der Waals surface area contributed by atoms with Crippen LogP contribution in [0.25, 0.3) is 0 Å². The summed E-state index contributed by atoms with van der Waals surface area (Å²) < 4.78 is 39.6. The van der Waals surface area contributed by atoms with Crippen molar-refractivity contribution >= 4 is 11.9 Å². The third-order valence-electron chi connectivity index (χ3n) is 6.01. The van der Waals surface area contributed by atoms with E-state index in [0.717, 1.165) is 39.0 Å². The van der Waals surface area contributed by atoms with Crippen LogP contribution in [0.5, 0.6) is 0 Å². The third kappa shape index (κ3) is 5.12. The van der Waals surface area contributed by atoms with Gasteiger partial charge >= 0.3 is 12.1 Å². The standard InChI is InChI=1S/C17H26N4O2.C2HF3O2/c1-19-15(4-7-18-19)16(22)21-10-6-17(13-21)12-14(5-11-23-17)20-8-2-3-9-20;3-2(4,5)1(6)7/h4,7,14H,2-3,5-6,8-13H2,1H3;(H,6,7)/t14-,17+;/m0./s1. The van der Waals surface area contributed by atoms with Gasteiger partial charge in [-0.15, -0.1) is 0 Å². The molecule has 0 radical (unpaired) electrons. The molecule has 8 nitrogen and oxygen atoms in total. The number of amides is 1. The van der Waals surface area contributed by atoms with E-state index in [4.69, 9.17) is 14.6 Å². The van der Waals surface area contributed by atoms with Crippen molar-refractivity contribution in [3.63, 3.8) is 0 Å². The number of halogens is 3. The molecule has 168 valence electrons. The van der Waals surface area contributed by atoms with E-state index in [1.165, 1.54) is 25.9 Å². The maximum atomic E-state index is 12.7. The summed E-state index contributed by atoms with van der Waals surface area (Å²) in [5, 5.41) is 11.2. The Morgan fingerprint density at radius 1 is 1.27 bits per heavy atom. The highest BCUT2D eigenvalue weighted by molar-refractivity contribution is 5.92. The van der Waals surface area contributed by atoms with Crippen LogP contribution in [-0.2, 0) is 16.6 Å². The minimum Gasteiger partial charge on any atom is -0.475 e.